The molecule has 0 spiro atoms. The maximum atomic E-state index is 12.7. The number of anilines is 2. The molecular weight excluding hydrogens is 304 g/mol. The van der Waals surface area contributed by atoms with Gasteiger partial charge in [0.15, 0.2) is 0 Å². The smallest absolute Gasteiger partial charge is 0.272 e. The molecule has 1 saturated heterocycles. The summed E-state index contributed by atoms with van der Waals surface area (Å²) in [4.78, 5) is 29.6. The fourth-order valence-corrected chi connectivity index (χ4v) is 2.80. The normalized spacial score (nSPS) is 17.7. The maximum Gasteiger partial charge on any atom is 0.272 e. The number of pyridine rings is 1. The van der Waals surface area contributed by atoms with Crippen LogP contribution in [0.1, 0.15) is 23.3 Å². The van der Waals surface area contributed by atoms with Gasteiger partial charge in [0.1, 0.15) is 11.5 Å². The van der Waals surface area contributed by atoms with Crippen LogP contribution in [0, 0.1) is 0 Å². The van der Waals surface area contributed by atoms with Crippen LogP contribution < -0.4 is 10.2 Å². The summed E-state index contributed by atoms with van der Waals surface area (Å²) in [6.07, 6.45) is 5.74. The van der Waals surface area contributed by atoms with Crippen LogP contribution in [0.15, 0.2) is 36.7 Å². The van der Waals surface area contributed by atoms with Gasteiger partial charge in [0.2, 0.25) is 5.95 Å². The van der Waals surface area contributed by atoms with Gasteiger partial charge in [-0.2, -0.15) is 0 Å². The lowest BCUT2D eigenvalue weighted by atomic mass is 10.2. The van der Waals surface area contributed by atoms with E-state index >= 15 is 0 Å². The third-order valence-electron chi connectivity index (χ3n) is 4.33. The minimum atomic E-state index is -0.0306. The average molecular weight is 324 g/mol. The number of aromatic nitrogens is 3. The first-order valence-corrected chi connectivity index (χ1v) is 8.34. The molecule has 2 fully saturated rings. The Bertz CT molecular complexity index is 710. The molecule has 0 bridgehead atoms. The number of carbonyl (C=O) groups is 1. The number of amides is 1. The van der Waals surface area contributed by atoms with E-state index in [1.807, 2.05) is 23.1 Å². The molecular formula is C17H20N6O. The first-order chi connectivity index (χ1) is 11.8. The van der Waals surface area contributed by atoms with Crippen LogP contribution in [0.25, 0.3) is 0 Å². The summed E-state index contributed by atoms with van der Waals surface area (Å²) in [6, 6.07) is 8.04. The Hall–Kier alpha value is -2.70. The van der Waals surface area contributed by atoms with Gasteiger partial charge in [-0.05, 0) is 31.0 Å². The highest BCUT2D eigenvalue weighted by molar-refractivity contribution is 5.92. The molecule has 1 N–H and O–H groups in total. The predicted molar refractivity (Wildman–Crippen MR) is 91.0 cm³/mol. The van der Waals surface area contributed by atoms with Gasteiger partial charge < -0.3 is 15.1 Å². The molecule has 3 heterocycles. The molecule has 0 atom stereocenters. The summed E-state index contributed by atoms with van der Waals surface area (Å²) >= 11 is 0. The van der Waals surface area contributed by atoms with Crippen LogP contribution >= 0.6 is 0 Å². The molecule has 124 valence electrons. The van der Waals surface area contributed by atoms with Crippen molar-refractivity contribution < 1.29 is 4.79 Å². The van der Waals surface area contributed by atoms with Gasteiger partial charge in [-0.15, -0.1) is 0 Å². The van der Waals surface area contributed by atoms with E-state index in [1.54, 1.807) is 18.5 Å². The van der Waals surface area contributed by atoms with Gasteiger partial charge in [-0.1, -0.05) is 6.07 Å². The summed E-state index contributed by atoms with van der Waals surface area (Å²) in [5, 5.41) is 3.23. The highest BCUT2D eigenvalue weighted by Crippen LogP contribution is 2.23. The Morgan fingerprint density at radius 1 is 1.04 bits per heavy atom. The van der Waals surface area contributed by atoms with Crippen molar-refractivity contribution in [2.75, 3.05) is 36.4 Å². The Balaban J connectivity index is 1.39. The predicted octanol–water partition coefficient (Wildman–Crippen LogP) is 1.41. The third kappa shape index (κ3) is 3.29. The van der Waals surface area contributed by atoms with Crippen molar-refractivity contribution in [3.8, 4) is 0 Å². The summed E-state index contributed by atoms with van der Waals surface area (Å²) < 4.78 is 0. The Morgan fingerprint density at radius 3 is 2.58 bits per heavy atom. The summed E-state index contributed by atoms with van der Waals surface area (Å²) in [7, 11) is 0. The van der Waals surface area contributed by atoms with Crippen LogP contribution in [0.5, 0.6) is 0 Å². The first-order valence-electron chi connectivity index (χ1n) is 8.34. The number of hydrogen-bond donors (Lipinski definition) is 1. The van der Waals surface area contributed by atoms with Crippen molar-refractivity contribution in [1.29, 1.82) is 0 Å². The molecule has 7 heteroatoms. The number of nitrogens with one attached hydrogen (secondary N) is 1. The van der Waals surface area contributed by atoms with E-state index in [2.05, 4.69) is 25.2 Å². The van der Waals surface area contributed by atoms with Gasteiger partial charge in [-0.25, -0.2) is 15.0 Å². The van der Waals surface area contributed by atoms with Crippen molar-refractivity contribution in [2.45, 2.75) is 18.9 Å². The largest absolute Gasteiger partial charge is 0.353 e. The maximum absolute atomic E-state index is 12.7. The molecule has 4 rings (SSSR count). The van der Waals surface area contributed by atoms with E-state index in [-0.39, 0.29) is 5.91 Å². The van der Waals surface area contributed by atoms with Gasteiger partial charge in [0, 0.05) is 44.6 Å². The second-order valence-corrected chi connectivity index (χ2v) is 6.15. The molecule has 0 radical (unpaired) electrons. The van der Waals surface area contributed by atoms with Crippen molar-refractivity contribution >= 4 is 17.7 Å². The standard InChI is InChI=1S/C17H20N6O/c24-16(14-6-8-19-17(21-14)20-13-4-5-13)23-11-9-22(10-12-23)15-3-1-2-7-18-15/h1-3,6-8,13H,4-5,9-12H2,(H,19,20,21). The van der Waals surface area contributed by atoms with Crippen molar-refractivity contribution in [3.63, 3.8) is 0 Å². The second-order valence-electron chi connectivity index (χ2n) is 6.15. The van der Waals surface area contributed by atoms with Crippen molar-refractivity contribution in [2.24, 2.45) is 0 Å². The number of piperazine rings is 1. The molecule has 24 heavy (non-hydrogen) atoms. The molecule has 0 aromatic carbocycles. The van der Waals surface area contributed by atoms with E-state index in [0.717, 1.165) is 31.7 Å². The van der Waals surface area contributed by atoms with E-state index in [1.165, 1.54) is 0 Å². The molecule has 2 aromatic rings. The van der Waals surface area contributed by atoms with Gasteiger partial charge >= 0.3 is 0 Å². The molecule has 1 amide bonds. The number of nitrogens with zero attached hydrogens (tertiary/aromatic N) is 5. The fraction of sp³-hybridized carbons (Fsp3) is 0.412. The number of hydrogen-bond acceptors (Lipinski definition) is 6. The molecule has 1 saturated carbocycles. The SMILES string of the molecule is O=C(c1ccnc(NC2CC2)n1)N1CCN(c2ccccn2)CC1. The van der Waals surface area contributed by atoms with Crippen LogP contribution in [0.4, 0.5) is 11.8 Å². The average Bonchev–Trinajstić information content (AvgIpc) is 3.46. The zero-order valence-electron chi connectivity index (χ0n) is 13.4. The Kier molecular flexibility index (Phi) is 3.98. The summed E-state index contributed by atoms with van der Waals surface area (Å²) in [5.41, 5.74) is 0.458. The molecule has 1 aliphatic carbocycles. The monoisotopic (exact) mass is 324 g/mol. The summed E-state index contributed by atoms with van der Waals surface area (Å²) in [6.45, 7) is 2.90. The lowest BCUT2D eigenvalue weighted by Gasteiger charge is -2.35. The highest BCUT2D eigenvalue weighted by Gasteiger charge is 2.25. The van der Waals surface area contributed by atoms with Crippen LogP contribution in [-0.2, 0) is 0 Å². The summed E-state index contributed by atoms with van der Waals surface area (Å²) in [5.74, 6) is 1.48. The van der Waals surface area contributed by atoms with Crippen LogP contribution in [0.2, 0.25) is 0 Å². The quantitative estimate of drug-likeness (QED) is 0.916. The minimum absolute atomic E-state index is 0.0306. The van der Waals surface area contributed by atoms with E-state index < -0.39 is 0 Å². The number of carbonyl (C=O) groups excluding carboxylic acids is 1. The molecule has 2 aliphatic rings. The molecule has 2 aromatic heterocycles. The second kappa shape index (κ2) is 6.43. The van der Waals surface area contributed by atoms with Crippen molar-refractivity contribution in [3.05, 3.63) is 42.4 Å². The van der Waals surface area contributed by atoms with E-state index in [0.29, 0.717) is 30.8 Å². The molecule has 1 aliphatic heterocycles. The van der Waals surface area contributed by atoms with Gasteiger partial charge in [-0.3, -0.25) is 4.79 Å². The third-order valence-corrected chi connectivity index (χ3v) is 4.33. The van der Waals surface area contributed by atoms with Gasteiger partial charge in [0.25, 0.3) is 5.91 Å². The first kappa shape index (κ1) is 14.9. The highest BCUT2D eigenvalue weighted by atomic mass is 16.2. The topological polar surface area (TPSA) is 74.2 Å². The lowest BCUT2D eigenvalue weighted by molar-refractivity contribution is 0.0740. The Labute approximate surface area is 140 Å². The minimum Gasteiger partial charge on any atom is -0.353 e. The zero-order chi connectivity index (χ0) is 16.4. The van der Waals surface area contributed by atoms with Crippen LogP contribution in [0.3, 0.4) is 0 Å². The van der Waals surface area contributed by atoms with Crippen LogP contribution in [-0.4, -0.2) is 58.0 Å². The number of rotatable bonds is 4. The van der Waals surface area contributed by atoms with E-state index in [9.17, 15) is 4.79 Å². The van der Waals surface area contributed by atoms with Gasteiger partial charge in [0.05, 0.1) is 0 Å². The van der Waals surface area contributed by atoms with Crippen molar-refractivity contribution in [1.82, 2.24) is 19.9 Å². The lowest BCUT2D eigenvalue weighted by Crippen LogP contribution is -2.49. The fourth-order valence-electron chi connectivity index (χ4n) is 2.80. The molecule has 7 nitrogen and oxygen atoms in total. The molecule has 0 unspecified atom stereocenters. The zero-order valence-corrected chi connectivity index (χ0v) is 13.4. The van der Waals surface area contributed by atoms with E-state index in [4.69, 9.17) is 0 Å². The Morgan fingerprint density at radius 2 is 1.88 bits per heavy atom.